The number of nitrogen functional groups attached to an aromatic ring is 1. The number of hydrogen-bond acceptors (Lipinski definition) is 7. The molecule has 1 aliphatic rings. The lowest BCUT2D eigenvalue weighted by Gasteiger charge is -2.29. The zero-order valence-corrected chi connectivity index (χ0v) is 15.1. The van der Waals surface area contributed by atoms with Gasteiger partial charge in [-0.1, -0.05) is 11.6 Å². The Morgan fingerprint density at radius 3 is 2.76 bits per heavy atom. The van der Waals surface area contributed by atoms with Crippen LogP contribution >= 0.6 is 11.6 Å². The molecule has 0 unspecified atom stereocenters. The number of nitrogens with one attached hydrogen (secondary N) is 1. The van der Waals surface area contributed by atoms with Gasteiger partial charge in [0.05, 0.1) is 19.0 Å². The Balaban J connectivity index is 1.71. The summed E-state index contributed by atoms with van der Waals surface area (Å²) in [5.41, 5.74) is 6.43. The summed E-state index contributed by atoms with van der Waals surface area (Å²) in [5.74, 6) is 2.00. The topological polar surface area (TPSA) is 85.5 Å². The number of aromatic nitrogens is 2. The van der Waals surface area contributed by atoms with Gasteiger partial charge in [-0.25, -0.2) is 4.98 Å². The number of likely N-dealkylation sites (tertiary alicyclic amines) is 1. The quantitative estimate of drug-likeness (QED) is 0.844. The number of rotatable bonds is 5. The van der Waals surface area contributed by atoms with Crippen molar-refractivity contribution in [2.45, 2.75) is 18.9 Å². The van der Waals surface area contributed by atoms with Crippen molar-refractivity contribution in [2.24, 2.45) is 0 Å². The minimum absolute atomic E-state index is 0.223. The van der Waals surface area contributed by atoms with E-state index in [9.17, 15) is 0 Å². The van der Waals surface area contributed by atoms with E-state index in [0.717, 1.165) is 37.4 Å². The van der Waals surface area contributed by atoms with Gasteiger partial charge in [-0.3, -0.25) is 0 Å². The molecule has 7 nitrogen and oxygen atoms in total. The Kier molecular flexibility index (Phi) is 5.45. The second kappa shape index (κ2) is 7.76. The predicted molar refractivity (Wildman–Crippen MR) is 98.9 cm³/mol. The molecule has 8 heteroatoms. The summed E-state index contributed by atoms with van der Waals surface area (Å²) in [6, 6.07) is 5.64. The van der Waals surface area contributed by atoms with Crippen molar-refractivity contribution >= 4 is 29.1 Å². The first kappa shape index (κ1) is 17.6. The average molecular weight is 364 g/mol. The first-order valence-electron chi connectivity index (χ1n) is 8.13. The number of halogens is 1. The normalized spacial score (nSPS) is 15.8. The first-order valence-corrected chi connectivity index (χ1v) is 8.51. The summed E-state index contributed by atoms with van der Waals surface area (Å²) in [4.78, 5) is 10.5. The van der Waals surface area contributed by atoms with Crippen molar-refractivity contribution in [3.63, 3.8) is 0 Å². The molecule has 1 saturated heterocycles. The van der Waals surface area contributed by atoms with Gasteiger partial charge in [-0.2, -0.15) is 4.98 Å². The molecule has 0 radical (unpaired) electrons. The number of benzene rings is 1. The summed E-state index contributed by atoms with van der Waals surface area (Å²) in [6.45, 7) is 2.10. The molecular weight excluding hydrogens is 342 g/mol. The second-order valence-electron chi connectivity index (χ2n) is 6.03. The van der Waals surface area contributed by atoms with Crippen LogP contribution in [-0.2, 0) is 0 Å². The van der Waals surface area contributed by atoms with Crippen LogP contribution in [0.5, 0.6) is 11.5 Å². The minimum atomic E-state index is 0.223. The predicted octanol–water partition coefficient (Wildman–Crippen LogP) is 2.94. The molecule has 3 N–H and O–H groups in total. The maximum absolute atomic E-state index is 6.08. The number of piperidine rings is 1. The summed E-state index contributed by atoms with van der Waals surface area (Å²) >= 11 is 5.84. The minimum Gasteiger partial charge on any atom is -0.494 e. The van der Waals surface area contributed by atoms with Crippen molar-refractivity contribution in [3.8, 4) is 11.5 Å². The Bertz CT molecular complexity index is 735. The molecule has 1 aliphatic heterocycles. The van der Waals surface area contributed by atoms with E-state index in [4.69, 9.17) is 26.8 Å². The third kappa shape index (κ3) is 4.43. The van der Waals surface area contributed by atoms with Gasteiger partial charge in [0.1, 0.15) is 28.4 Å². The fraction of sp³-hybridized carbons (Fsp3) is 0.412. The van der Waals surface area contributed by atoms with Crippen molar-refractivity contribution < 1.29 is 9.47 Å². The van der Waals surface area contributed by atoms with Crippen molar-refractivity contribution in [3.05, 3.63) is 29.4 Å². The van der Waals surface area contributed by atoms with Crippen LogP contribution in [0.4, 0.5) is 17.5 Å². The van der Waals surface area contributed by atoms with Gasteiger partial charge < -0.3 is 25.4 Å². The summed E-state index contributed by atoms with van der Waals surface area (Å²) in [7, 11) is 3.74. The largest absolute Gasteiger partial charge is 0.494 e. The zero-order valence-electron chi connectivity index (χ0n) is 14.3. The molecule has 1 fully saturated rings. The van der Waals surface area contributed by atoms with Crippen LogP contribution in [0.15, 0.2) is 24.4 Å². The van der Waals surface area contributed by atoms with Crippen molar-refractivity contribution in [1.29, 1.82) is 0 Å². The van der Waals surface area contributed by atoms with Crippen LogP contribution in [0.3, 0.4) is 0 Å². The summed E-state index contributed by atoms with van der Waals surface area (Å²) in [5, 5.41) is 3.40. The lowest BCUT2D eigenvalue weighted by atomic mass is 10.1. The number of hydrogen-bond donors (Lipinski definition) is 2. The Labute approximate surface area is 152 Å². The zero-order chi connectivity index (χ0) is 17.8. The monoisotopic (exact) mass is 363 g/mol. The van der Waals surface area contributed by atoms with Gasteiger partial charge in [-0.15, -0.1) is 0 Å². The molecule has 0 amide bonds. The van der Waals surface area contributed by atoms with E-state index < -0.39 is 0 Å². The average Bonchev–Trinajstić information content (AvgIpc) is 2.61. The summed E-state index contributed by atoms with van der Waals surface area (Å²) in [6.07, 6.45) is 3.74. The molecule has 0 bridgehead atoms. The Morgan fingerprint density at radius 1 is 1.32 bits per heavy atom. The number of methoxy groups -OCH3 is 1. The van der Waals surface area contributed by atoms with Crippen LogP contribution < -0.4 is 20.5 Å². The fourth-order valence-corrected chi connectivity index (χ4v) is 2.80. The number of anilines is 3. The van der Waals surface area contributed by atoms with Crippen LogP contribution in [0.1, 0.15) is 12.8 Å². The summed E-state index contributed by atoms with van der Waals surface area (Å²) < 4.78 is 11.5. The molecule has 1 aromatic carbocycles. The highest BCUT2D eigenvalue weighted by atomic mass is 35.5. The highest BCUT2D eigenvalue weighted by molar-refractivity contribution is 6.32. The highest BCUT2D eigenvalue weighted by Crippen LogP contribution is 2.32. The van der Waals surface area contributed by atoms with Gasteiger partial charge in [0.15, 0.2) is 0 Å². The Hall–Kier alpha value is -2.25. The molecule has 2 aromatic rings. The highest BCUT2D eigenvalue weighted by Gasteiger charge is 2.18. The first-order chi connectivity index (χ1) is 12.0. The fourth-order valence-electron chi connectivity index (χ4n) is 2.70. The SMILES string of the molecule is COc1cc(OC2CCN(C)CC2)ccc1Nc1ncc(Cl)c(N)n1. The molecule has 2 heterocycles. The lowest BCUT2D eigenvalue weighted by Crippen LogP contribution is -2.35. The lowest BCUT2D eigenvalue weighted by molar-refractivity contribution is 0.114. The van der Waals surface area contributed by atoms with E-state index in [2.05, 4.69) is 27.2 Å². The van der Waals surface area contributed by atoms with Gasteiger partial charge in [-0.05, 0) is 32.0 Å². The smallest absolute Gasteiger partial charge is 0.229 e. The molecule has 134 valence electrons. The third-order valence-electron chi connectivity index (χ3n) is 4.16. The molecule has 25 heavy (non-hydrogen) atoms. The van der Waals surface area contributed by atoms with Crippen LogP contribution in [0.2, 0.25) is 5.02 Å². The maximum atomic E-state index is 6.08. The van der Waals surface area contributed by atoms with Gasteiger partial charge in [0, 0.05) is 19.2 Å². The number of nitrogens with zero attached hydrogens (tertiary/aromatic N) is 3. The van der Waals surface area contributed by atoms with Crippen LogP contribution in [0.25, 0.3) is 0 Å². The molecule has 0 aliphatic carbocycles. The van der Waals surface area contributed by atoms with Crippen molar-refractivity contribution in [1.82, 2.24) is 14.9 Å². The third-order valence-corrected chi connectivity index (χ3v) is 4.45. The van der Waals surface area contributed by atoms with Crippen LogP contribution in [-0.4, -0.2) is 48.2 Å². The maximum Gasteiger partial charge on any atom is 0.229 e. The van der Waals surface area contributed by atoms with E-state index in [1.807, 2.05) is 18.2 Å². The van der Waals surface area contributed by atoms with Gasteiger partial charge in [0.25, 0.3) is 0 Å². The second-order valence-corrected chi connectivity index (χ2v) is 6.44. The van der Waals surface area contributed by atoms with E-state index in [1.165, 1.54) is 6.20 Å². The number of nitrogens with two attached hydrogens (primary N) is 1. The Morgan fingerprint density at radius 2 is 2.08 bits per heavy atom. The van der Waals surface area contributed by atoms with E-state index in [-0.39, 0.29) is 11.9 Å². The van der Waals surface area contributed by atoms with E-state index in [0.29, 0.717) is 16.7 Å². The molecule has 1 aromatic heterocycles. The van der Waals surface area contributed by atoms with Gasteiger partial charge in [0.2, 0.25) is 5.95 Å². The molecule has 0 atom stereocenters. The van der Waals surface area contributed by atoms with Gasteiger partial charge >= 0.3 is 0 Å². The van der Waals surface area contributed by atoms with E-state index in [1.54, 1.807) is 7.11 Å². The van der Waals surface area contributed by atoms with Crippen LogP contribution in [0, 0.1) is 0 Å². The van der Waals surface area contributed by atoms with Crippen molar-refractivity contribution in [2.75, 3.05) is 38.3 Å². The number of ether oxygens (including phenoxy) is 2. The standard InChI is InChI=1S/C17H22ClN5O2/c1-23-7-5-11(6-8-23)25-12-3-4-14(15(9-12)24-2)21-17-20-10-13(18)16(19)22-17/h3-4,9-11H,5-8H2,1-2H3,(H3,19,20,21,22). The molecule has 3 rings (SSSR count). The van der Waals surface area contributed by atoms with E-state index >= 15 is 0 Å². The molecule has 0 spiro atoms. The molecular formula is C17H22ClN5O2. The molecule has 0 saturated carbocycles.